The largest absolute Gasteiger partial charge is 0.480 e. The Morgan fingerprint density at radius 2 is 2.06 bits per heavy atom. The highest BCUT2D eigenvalue weighted by molar-refractivity contribution is 9.10. The first-order chi connectivity index (χ1) is 8.40. The summed E-state index contributed by atoms with van der Waals surface area (Å²) in [4.78, 5) is 24.6. The van der Waals surface area contributed by atoms with E-state index in [1.807, 2.05) is 13.0 Å². The molecule has 0 heterocycles. The third-order valence-electron chi connectivity index (χ3n) is 2.96. The van der Waals surface area contributed by atoms with E-state index in [2.05, 4.69) is 15.9 Å². The molecule has 0 fully saturated rings. The first-order valence-electron chi connectivity index (χ1n) is 5.65. The summed E-state index contributed by atoms with van der Waals surface area (Å²) in [6.45, 7) is 3.57. The van der Waals surface area contributed by atoms with Gasteiger partial charge in [-0.1, -0.05) is 28.9 Å². The molecule has 0 aromatic heterocycles. The Morgan fingerprint density at radius 3 is 2.56 bits per heavy atom. The lowest BCUT2D eigenvalue weighted by Gasteiger charge is -2.24. The number of hydrogen-bond acceptors (Lipinski definition) is 2. The Morgan fingerprint density at radius 1 is 1.44 bits per heavy atom. The standard InChI is InChI=1S/C13H16BrNO3/c1-4-11(13(17)18)15(3)12(16)9-6-5-7-10(14)8(9)2/h5-7,11H,4H2,1-3H3,(H,17,18). The second-order valence-electron chi connectivity index (χ2n) is 4.09. The summed E-state index contributed by atoms with van der Waals surface area (Å²) in [5.74, 6) is -1.26. The molecule has 0 aliphatic heterocycles. The Balaban J connectivity index is 3.07. The van der Waals surface area contributed by atoms with Crippen LogP contribution in [0.25, 0.3) is 0 Å². The molecule has 0 spiro atoms. The van der Waals surface area contributed by atoms with E-state index in [-0.39, 0.29) is 5.91 Å². The lowest BCUT2D eigenvalue weighted by Crippen LogP contribution is -2.42. The molecule has 1 amide bonds. The fraction of sp³-hybridized carbons (Fsp3) is 0.385. The number of nitrogens with zero attached hydrogens (tertiary/aromatic N) is 1. The van der Waals surface area contributed by atoms with Gasteiger partial charge in [-0.15, -0.1) is 0 Å². The van der Waals surface area contributed by atoms with Crippen LogP contribution in [0.1, 0.15) is 29.3 Å². The van der Waals surface area contributed by atoms with Crippen LogP contribution >= 0.6 is 15.9 Å². The predicted molar refractivity (Wildman–Crippen MR) is 72.7 cm³/mol. The molecule has 1 aromatic carbocycles. The van der Waals surface area contributed by atoms with Gasteiger partial charge in [-0.05, 0) is 31.0 Å². The number of carboxylic acids is 1. The van der Waals surface area contributed by atoms with Crippen LogP contribution in [0.4, 0.5) is 0 Å². The van der Waals surface area contributed by atoms with E-state index in [4.69, 9.17) is 5.11 Å². The molecule has 4 nitrogen and oxygen atoms in total. The molecular weight excluding hydrogens is 298 g/mol. The second kappa shape index (κ2) is 6.00. The van der Waals surface area contributed by atoms with Crippen LogP contribution in [0.5, 0.6) is 0 Å². The third-order valence-corrected chi connectivity index (χ3v) is 3.82. The monoisotopic (exact) mass is 313 g/mol. The van der Waals surface area contributed by atoms with Crippen molar-refractivity contribution >= 4 is 27.8 Å². The van der Waals surface area contributed by atoms with Gasteiger partial charge in [0.2, 0.25) is 0 Å². The number of aliphatic carboxylic acids is 1. The Hall–Kier alpha value is -1.36. The number of carboxylic acid groups (broad SMARTS) is 1. The first kappa shape index (κ1) is 14.7. The van der Waals surface area contributed by atoms with Gasteiger partial charge in [0, 0.05) is 17.1 Å². The van der Waals surface area contributed by atoms with Crippen molar-refractivity contribution in [2.75, 3.05) is 7.05 Å². The molecule has 0 saturated carbocycles. The SMILES string of the molecule is CCC(C(=O)O)N(C)C(=O)c1cccc(Br)c1C. The summed E-state index contributed by atoms with van der Waals surface area (Å²) in [5, 5.41) is 9.06. The molecule has 5 heteroatoms. The molecule has 1 aromatic rings. The summed E-state index contributed by atoms with van der Waals surface area (Å²) < 4.78 is 0.838. The normalized spacial score (nSPS) is 12.0. The van der Waals surface area contributed by atoms with E-state index in [1.165, 1.54) is 11.9 Å². The molecule has 1 unspecified atom stereocenters. The van der Waals surface area contributed by atoms with Gasteiger partial charge < -0.3 is 10.0 Å². The number of carbonyl (C=O) groups excluding carboxylic acids is 1. The van der Waals surface area contributed by atoms with Gasteiger partial charge in [0.25, 0.3) is 5.91 Å². The first-order valence-corrected chi connectivity index (χ1v) is 6.44. The van der Waals surface area contributed by atoms with Crippen LogP contribution in [-0.4, -0.2) is 35.0 Å². The van der Waals surface area contributed by atoms with E-state index in [9.17, 15) is 9.59 Å². The summed E-state index contributed by atoms with van der Waals surface area (Å²) in [5.41, 5.74) is 1.33. The van der Waals surface area contributed by atoms with Crippen molar-refractivity contribution in [3.63, 3.8) is 0 Å². The highest BCUT2D eigenvalue weighted by Crippen LogP contribution is 2.21. The molecule has 0 saturated heterocycles. The average molecular weight is 314 g/mol. The van der Waals surface area contributed by atoms with Crippen LogP contribution in [0.3, 0.4) is 0 Å². The van der Waals surface area contributed by atoms with Crippen LogP contribution in [0.15, 0.2) is 22.7 Å². The predicted octanol–water partition coefficient (Wildman–Crippen LogP) is 2.69. The molecule has 1 atom stereocenters. The number of rotatable bonds is 4. The van der Waals surface area contributed by atoms with Crippen LogP contribution < -0.4 is 0 Å². The van der Waals surface area contributed by atoms with Gasteiger partial charge in [-0.2, -0.15) is 0 Å². The van der Waals surface area contributed by atoms with Gasteiger partial charge in [0.1, 0.15) is 6.04 Å². The lowest BCUT2D eigenvalue weighted by atomic mass is 10.1. The average Bonchev–Trinajstić information content (AvgIpc) is 2.32. The Labute approximate surface area is 115 Å². The summed E-state index contributed by atoms with van der Waals surface area (Å²) >= 11 is 3.36. The highest BCUT2D eigenvalue weighted by atomic mass is 79.9. The number of amides is 1. The number of carbonyl (C=O) groups is 2. The Kier molecular flexibility index (Phi) is 4.90. The number of halogens is 1. The quantitative estimate of drug-likeness (QED) is 0.929. The van der Waals surface area contributed by atoms with Crippen molar-refractivity contribution in [2.45, 2.75) is 26.3 Å². The van der Waals surface area contributed by atoms with Crippen molar-refractivity contribution in [2.24, 2.45) is 0 Å². The molecule has 1 rings (SSSR count). The van der Waals surface area contributed by atoms with Gasteiger partial charge in [-0.3, -0.25) is 4.79 Å². The van der Waals surface area contributed by atoms with E-state index >= 15 is 0 Å². The van der Waals surface area contributed by atoms with Gasteiger partial charge >= 0.3 is 5.97 Å². The van der Waals surface area contributed by atoms with Gasteiger partial charge in [-0.25, -0.2) is 4.79 Å². The van der Waals surface area contributed by atoms with Gasteiger partial charge in [0.15, 0.2) is 0 Å². The summed E-state index contributed by atoms with van der Waals surface area (Å²) in [7, 11) is 1.52. The van der Waals surface area contributed by atoms with Crippen molar-refractivity contribution in [1.29, 1.82) is 0 Å². The lowest BCUT2D eigenvalue weighted by molar-refractivity contribution is -0.142. The van der Waals surface area contributed by atoms with Crippen molar-refractivity contribution in [1.82, 2.24) is 4.90 Å². The molecule has 0 bridgehead atoms. The fourth-order valence-electron chi connectivity index (χ4n) is 1.78. The second-order valence-corrected chi connectivity index (χ2v) is 4.95. The summed E-state index contributed by atoms with van der Waals surface area (Å²) in [6.07, 6.45) is 0.380. The highest BCUT2D eigenvalue weighted by Gasteiger charge is 2.26. The third kappa shape index (κ3) is 2.90. The number of hydrogen-bond donors (Lipinski definition) is 1. The van der Waals surface area contributed by atoms with E-state index in [1.54, 1.807) is 19.1 Å². The zero-order valence-corrected chi connectivity index (χ0v) is 12.2. The smallest absolute Gasteiger partial charge is 0.326 e. The van der Waals surface area contributed by atoms with Crippen molar-refractivity contribution < 1.29 is 14.7 Å². The number of likely N-dealkylation sites (N-methyl/N-ethyl adjacent to an activating group) is 1. The maximum absolute atomic E-state index is 12.3. The molecule has 0 aliphatic rings. The van der Waals surface area contributed by atoms with Crippen LogP contribution in [0.2, 0.25) is 0 Å². The molecule has 18 heavy (non-hydrogen) atoms. The van der Waals surface area contributed by atoms with Crippen LogP contribution in [0, 0.1) is 6.92 Å². The molecule has 0 radical (unpaired) electrons. The minimum atomic E-state index is -0.985. The number of benzene rings is 1. The zero-order chi connectivity index (χ0) is 13.9. The molecule has 0 aliphatic carbocycles. The summed E-state index contributed by atoms with van der Waals surface area (Å²) in [6, 6.07) is 4.52. The van der Waals surface area contributed by atoms with Gasteiger partial charge in [0.05, 0.1) is 0 Å². The minimum absolute atomic E-state index is 0.275. The maximum Gasteiger partial charge on any atom is 0.326 e. The van der Waals surface area contributed by atoms with Crippen molar-refractivity contribution in [3.8, 4) is 0 Å². The fourth-order valence-corrected chi connectivity index (χ4v) is 2.15. The Bertz CT molecular complexity index is 473. The van der Waals surface area contributed by atoms with Crippen LogP contribution in [-0.2, 0) is 4.79 Å². The topological polar surface area (TPSA) is 57.6 Å². The molecular formula is C13H16BrNO3. The zero-order valence-electron chi connectivity index (χ0n) is 10.6. The van der Waals surface area contributed by atoms with Crippen molar-refractivity contribution in [3.05, 3.63) is 33.8 Å². The van der Waals surface area contributed by atoms with E-state index < -0.39 is 12.0 Å². The van der Waals surface area contributed by atoms with E-state index in [0.717, 1.165) is 10.0 Å². The molecule has 1 N–H and O–H groups in total. The van der Waals surface area contributed by atoms with E-state index in [0.29, 0.717) is 12.0 Å². The minimum Gasteiger partial charge on any atom is -0.480 e. The molecule has 98 valence electrons. The maximum atomic E-state index is 12.3.